The minimum absolute atomic E-state index is 1.03. The van der Waals surface area contributed by atoms with Crippen LogP contribution in [0.5, 0.6) is 0 Å². The fraction of sp³-hybridized carbons (Fsp3) is 0.226. The van der Waals surface area contributed by atoms with Crippen molar-refractivity contribution in [2.24, 2.45) is 0 Å². The lowest BCUT2D eigenvalue weighted by Gasteiger charge is -2.08. The van der Waals surface area contributed by atoms with Crippen molar-refractivity contribution < 1.29 is 0 Å². The Balaban J connectivity index is 1.33. The molecule has 0 bridgehead atoms. The Morgan fingerprint density at radius 1 is 0.688 bits per heavy atom. The monoisotopic (exact) mass is 432 g/mol. The van der Waals surface area contributed by atoms with Crippen molar-refractivity contribution in [3.63, 3.8) is 0 Å². The SMILES string of the molecule is CCCCCCc1ccc(-c2ccc3c4c(ccc3c2)-c2ccc3ccccc3c2C4)s1. The predicted molar refractivity (Wildman–Crippen MR) is 141 cm³/mol. The Hall–Kier alpha value is -2.90. The van der Waals surface area contributed by atoms with Gasteiger partial charge in [-0.15, -0.1) is 11.3 Å². The molecule has 5 aromatic rings. The molecule has 4 aromatic carbocycles. The summed E-state index contributed by atoms with van der Waals surface area (Å²) in [5.74, 6) is 0. The van der Waals surface area contributed by atoms with Gasteiger partial charge in [0.2, 0.25) is 0 Å². The van der Waals surface area contributed by atoms with Crippen molar-refractivity contribution in [2.45, 2.75) is 45.4 Å². The molecular weight excluding hydrogens is 404 g/mol. The van der Waals surface area contributed by atoms with Crippen molar-refractivity contribution in [3.8, 4) is 21.6 Å². The van der Waals surface area contributed by atoms with Crippen molar-refractivity contribution >= 4 is 32.9 Å². The van der Waals surface area contributed by atoms with Crippen LogP contribution in [0.3, 0.4) is 0 Å². The summed E-state index contributed by atoms with van der Waals surface area (Å²) in [7, 11) is 0. The van der Waals surface area contributed by atoms with Crippen LogP contribution in [0.4, 0.5) is 0 Å². The molecule has 1 aliphatic carbocycles. The van der Waals surface area contributed by atoms with Crippen molar-refractivity contribution in [3.05, 3.63) is 94.9 Å². The lowest BCUT2D eigenvalue weighted by Crippen LogP contribution is -1.86. The van der Waals surface area contributed by atoms with Gasteiger partial charge in [0.25, 0.3) is 0 Å². The molecule has 0 aliphatic heterocycles. The number of unbranched alkanes of at least 4 members (excludes halogenated alkanes) is 3. The first kappa shape index (κ1) is 19.8. The molecule has 0 spiro atoms. The van der Waals surface area contributed by atoms with E-state index in [2.05, 4.69) is 85.8 Å². The van der Waals surface area contributed by atoms with Crippen LogP contribution in [0.1, 0.15) is 48.6 Å². The summed E-state index contributed by atoms with van der Waals surface area (Å²) in [5.41, 5.74) is 7.15. The maximum atomic E-state index is 2.39. The third kappa shape index (κ3) is 3.36. The van der Waals surface area contributed by atoms with Crippen LogP contribution in [-0.4, -0.2) is 0 Å². The Labute approximate surface area is 194 Å². The highest BCUT2D eigenvalue weighted by Crippen LogP contribution is 2.44. The first-order valence-corrected chi connectivity index (χ1v) is 12.8. The van der Waals surface area contributed by atoms with E-state index in [1.807, 2.05) is 11.3 Å². The highest BCUT2D eigenvalue weighted by atomic mass is 32.1. The molecule has 1 heterocycles. The van der Waals surface area contributed by atoms with E-state index in [1.165, 1.54) is 91.2 Å². The summed E-state index contributed by atoms with van der Waals surface area (Å²) in [6.45, 7) is 2.28. The summed E-state index contributed by atoms with van der Waals surface area (Å²) >= 11 is 1.97. The molecule has 0 radical (unpaired) electrons. The summed E-state index contributed by atoms with van der Waals surface area (Å²) < 4.78 is 0. The Bertz CT molecular complexity index is 1440. The Morgan fingerprint density at radius 3 is 2.31 bits per heavy atom. The minimum atomic E-state index is 1.03. The van der Waals surface area contributed by atoms with E-state index in [4.69, 9.17) is 0 Å². The highest BCUT2D eigenvalue weighted by molar-refractivity contribution is 7.15. The number of fused-ring (bicyclic) bond motifs is 7. The maximum absolute atomic E-state index is 2.39. The molecule has 0 saturated carbocycles. The zero-order chi connectivity index (χ0) is 21.5. The van der Waals surface area contributed by atoms with Gasteiger partial charge in [0.05, 0.1) is 0 Å². The topological polar surface area (TPSA) is 0 Å². The average molecular weight is 433 g/mol. The van der Waals surface area contributed by atoms with Crippen molar-refractivity contribution in [1.29, 1.82) is 0 Å². The lowest BCUT2D eigenvalue weighted by molar-refractivity contribution is 0.670. The molecule has 0 fully saturated rings. The number of thiophene rings is 1. The largest absolute Gasteiger partial charge is 0.140 e. The van der Waals surface area contributed by atoms with E-state index >= 15 is 0 Å². The van der Waals surface area contributed by atoms with Crippen LogP contribution >= 0.6 is 11.3 Å². The molecule has 0 N–H and O–H groups in total. The van der Waals surface area contributed by atoms with E-state index in [9.17, 15) is 0 Å². The van der Waals surface area contributed by atoms with Crippen LogP contribution in [0, 0.1) is 0 Å². The fourth-order valence-corrected chi connectivity index (χ4v) is 6.39. The van der Waals surface area contributed by atoms with Crippen LogP contribution < -0.4 is 0 Å². The smallest absolute Gasteiger partial charge is 0.0345 e. The van der Waals surface area contributed by atoms with Gasteiger partial charge in [0, 0.05) is 9.75 Å². The van der Waals surface area contributed by atoms with Crippen LogP contribution in [-0.2, 0) is 12.8 Å². The molecule has 32 heavy (non-hydrogen) atoms. The van der Waals surface area contributed by atoms with E-state index in [1.54, 1.807) is 0 Å². The average Bonchev–Trinajstić information content (AvgIpc) is 3.46. The Morgan fingerprint density at radius 2 is 1.47 bits per heavy atom. The second-order valence-corrected chi connectivity index (χ2v) is 10.3. The normalized spacial score (nSPS) is 12.4. The number of hydrogen-bond acceptors (Lipinski definition) is 1. The van der Waals surface area contributed by atoms with Crippen LogP contribution in [0.15, 0.2) is 78.9 Å². The van der Waals surface area contributed by atoms with Gasteiger partial charge >= 0.3 is 0 Å². The number of rotatable bonds is 6. The van der Waals surface area contributed by atoms with Gasteiger partial charge in [-0.1, -0.05) is 86.8 Å². The quantitative estimate of drug-likeness (QED) is 0.230. The van der Waals surface area contributed by atoms with Gasteiger partial charge in [-0.2, -0.15) is 0 Å². The second-order valence-electron chi connectivity index (χ2n) is 9.09. The lowest BCUT2D eigenvalue weighted by atomic mass is 9.97. The van der Waals surface area contributed by atoms with Gasteiger partial charge in [-0.05, 0) is 86.8 Å². The summed E-state index contributed by atoms with van der Waals surface area (Å²) in [6.07, 6.45) is 7.57. The molecule has 0 saturated heterocycles. The maximum Gasteiger partial charge on any atom is 0.0345 e. The Kier molecular flexibility index (Phi) is 5.08. The molecule has 6 rings (SSSR count). The van der Waals surface area contributed by atoms with E-state index < -0.39 is 0 Å². The first-order valence-electron chi connectivity index (χ1n) is 12.0. The third-order valence-electron chi connectivity index (χ3n) is 7.04. The molecule has 1 aromatic heterocycles. The molecule has 0 nitrogen and oxygen atoms in total. The number of hydrogen-bond donors (Lipinski definition) is 0. The zero-order valence-corrected chi connectivity index (χ0v) is 19.5. The predicted octanol–water partition coefficient (Wildman–Crippen LogP) is 9.42. The minimum Gasteiger partial charge on any atom is -0.140 e. The molecule has 0 amide bonds. The third-order valence-corrected chi connectivity index (χ3v) is 8.23. The first-order chi connectivity index (χ1) is 15.8. The fourth-order valence-electron chi connectivity index (χ4n) is 5.34. The van der Waals surface area contributed by atoms with Gasteiger partial charge in [0.15, 0.2) is 0 Å². The number of aryl methyl sites for hydroxylation is 1. The summed E-state index contributed by atoms with van der Waals surface area (Å²) in [6, 6.07) is 29.8. The standard InChI is InChI=1S/C31H28S/c1-2-3-4-5-9-24-14-18-31(32-24)23-13-15-26-22(19-23)12-17-28-27-16-11-21-8-6-7-10-25(21)29(27)20-30(26)28/h6-8,10-19H,2-5,9,20H2,1H3. The van der Waals surface area contributed by atoms with Crippen molar-refractivity contribution in [2.75, 3.05) is 0 Å². The van der Waals surface area contributed by atoms with Gasteiger partial charge in [0.1, 0.15) is 0 Å². The summed E-state index contributed by atoms with van der Waals surface area (Å²) in [5, 5.41) is 5.50. The van der Waals surface area contributed by atoms with Crippen LogP contribution in [0.2, 0.25) is 0 Å². The zero-order valence-electron chi connectivity index (χ0n) is 18.7. The van der Waals surface area contributed by atoms with Gasteiger partial charge in [-0.3, -0.25) is 0 Å². The molecule has 0 unspecified atom stereocenters. The van der Waals surface area contributed by atoms with Gasteiger partial charge < -0.3 is 0 Å². The van der Waals surface area contributed by atoms with E-state index in [0.717, 1.165) is 6.42 Å². The molecule has 0 atom stereocenters. The van der Waals surface area contributed by atoms with Gasteiger partial charge in [-0.25, -0.2) is 0 Å². The summed E-state index contributed by atoms with van der Waals surface area (Å²) in [4.78, 5) is 2.92. The highest BCUT2D eigenvalue weighted by Gasteiger charge is 2.22. The molecule has 158 valence electrons. The number of benzene rings is 4. The van der Waals surface area contributed by atoms with E-state index in [-0.39, 0.29) is 0 Å². The van der Waals surface area contributed by atoms with Crippen LogP contribution in [0.25, 0.3) is 43.1 Å². The second kappa shape index (κ2) is 8.22. The van der Waals surface area contributed by atoms with E-state index in [0.29, 0.717) is 0 Å². The van der Waals surface area contributed by atoms with Crippen molar-refractivity contribution in [1.82, 2.24) is 0 Å². The molecular formula is C31H28S. The molecule has 1 heteroatoms. The molecule has 1 aliphatic rings.